The number of halogens is 1. The predicted octanol–water partition coefficient (Wildman–Crippen LogP) is 1.62. The molecule has 3 rings (SSSR count). The fraction of sp³-hybridized carbons (Fsp3) is 0.412. The van der Waals surface area contributed by atoms with Crippen molar-refractivity contribution in [2.24, 2.45) is 5.92 Å². The molecule has 0 saturated carbocycles. The molecule has 1 fully saturated rings. The molecule has 24 heavy (non-hydrogen) atoms. The van der Waals surface area contributed by atoms with Crippen LogP contribution in [0.1, 0.15) is 29.4 Å². The summed E-state index contributed by atoms with van der Waals surface area (Å²) in [6.45, 7) is 5.86. The van der Waals surface area contributed by atoms with Gasteiger partial charge in [0.1, 0.15) is 5.69 Å². The molecule has 1 aliphatic heterocycles. The highest BCUT2D eigenvalue weighted by atomic mass is 35.5. The van der Waals surface area contributed by atoms with Gasteiger partial charge in [-0.1, -0.05) is 24.6 Å². The predicted molar refractivity (Wildman–Crippen MR) is 96.3 cm³/mol. The summed E-state index contributed by atoms with van der Waals surface area (Å²) in [5.41, 5.74) is 1.87. The van der Waals surface area contributed by atoms with Crippen molar-refractivity contribution >= 4 is 18.3 Å². The number of H-pyrrole nitrogens is 1. The maximum Gasteiger partial charge on any atom is 0.271 e. The van der Waals surface area contributed by atoms with Crippen LogP contribution in [0.2, 0.25) is 0 Å². The molecule has 1 amide bonds. The third-order valence-corrected chi connectivity index (χ3v) is 4.40. The lowest BCUT2D eigenvalue weighted by molar-refractivity contribution is 0.0909. The summed E-state index contributed by atoms with van der Waals surface area (Å²) in [7, 11) is 0. The van der Waals surface area contributed by atoms with Crippen LogP contribution in [0.25, 0.3) is 5.69 Å². The van der Waals surface area contributed by atoms with Gasteiger partial charge < -0.3 is 10.6 Å². The molecule has 2 heterocycles. The Morgan fingerprint density at radius 1 is 1.29 bits per heavy atom. The van der Waals surface area contributed by atoms with Crippen LogP contribution in [-0.4, -0.2) is 34.8 Å². The minimum absolute atomic E-state index is 0. The van der Waals surface area contributed by atoms with Gasteiger partial charge in [0.05, 0.1) is 5.69 Å². The van der Waals surface area contributed by atoms with E-state index in [0.717, 1.165) is 25.1 Å². The van der Waals surface area contributed by atoms with Gasteiger partial charge in [0, 0.05) is 18.7 Å². The zero-order valence-electron chi connectivity index (χ0n) is 13.8. The lowest BCUT2D eigenvalue weighted by Crippen LogP contribution is -2.50. The van der Waals surface area contributed by atoms with Gasteiger partial charge in [0.25, 0.3) is 11.5 Å². The Balaban J connectivity index is 0.00000208. The number of rotatable bonds is 3. The van der Waals surface area contributed by atoms with Crippen LogP contribution in [0.15, 0.2) is 35.1 Å². The fourth-order valence-electron chi connectivity index (χ4n) is 2.83. The highest BCUT2D eigenvalue weighted by Gasteiger charge is 2.24. The number of benzene rings is 1. The van der Waals surface area contributed by atoms with Crippen molar-refractivity contribution in [1.29, 1.82) is 0 Å². The Morgan fingerprint density at radius 2 is 2.00 bits per heavy atom. The summed E-state index contributed by atoms with van der Waals surface area (Å²) in [6, 6.07) is 8.98. The number of piperidine rings is 1. The van der Waals surface area contributed by atoms with E-state index >= 15 is 0 Å². The molecule has 1 aromatic carbocycles. The molecule has 1 saturated heterocycles. The Kier molecular flexibility index (Phi) is 5.85. The highest BCUT2D eigenvalue weighted by molar-refractivity contribution is 5.92. The Labute approximate surface area is 147 Å². The van der Waals surface area contributed by atoms with Crippen molar-refractivity contribution in [1.82, 2.24) is 20.4 Å². The molecule has 130 valence electrons. The monoisotopic (exact) mass is 350 g/mol. The van der Waals surface area contributed by atoms with Gasteiger partial charge in [0.15, 0.2) is 0 Å². The molecule has 3 N–H and O–H groups in total. The molecule has 2 aromatic rings. The second-order valence-corrected chi connectivity index (χ2v) is 6.23. The van der Waals surface area contributed by atoms with Crippen LogP contribution in [0.5, 0.6) is 0 Å². The van der Waals surface area contributed by atoms with Gasteiger partial charge in [-0.2, -0.15) is 0 Å². The lowest BCUT2D eigenvalue weighted by Gasteiger charge is -2.30. The zero-order valence-corrected chi connectivity index (χ0v) is 14.7. The van der Waals surface area contributed by atoms with E-state index in [2.05, 4.69) is 22.7 Å². The largest absolute Gasteiger partial charge is 0.346 e. The summed E-state index contributed by atoms with van der Waals surface area (Å²) < 4.78 is 1.39. The third kappa shape index (κ3) is 3.88. The number of hydrogen-bond donors (Lipinski definition) is 3. The van der Waals surface area contributed by atoms with Crippen LogP contribution in [0, 0.1) is 12.8 Å². The Hall–Kier alpha value is -2.05. The first-order valence-electron chi connectivity index (χ1n) is 7.95. The third-order valence-electron chi connectivity index (χ3n) is 4.40. The minimum atomic E-state index is -0.242. The van der Waals surface area contributed by atoms with Crippen LogP contribution >= 0.6 is 12.4 Å². The molecular weight excluding hydrogens is 328 g/mol. The van der Waals surface area contributed by atoms with E-state index in [1.54, 1.807) is 0 Å². The minimum Gasteiger partial charge on any atom is -0.346 e. The number of amides is 1. The Bertz CT molecular complexity index is 751. The molecule has 0 bridgehead atoms. The van der Waals surface area contributed by atoms with Crippen molar-refractivity contribution < 1.29 is 4.79 Å². The number of hydrogen-bond acceptors (Lipinski definition) is 3. The lowest BCUT2D eigenvalue weighted by atomic mass is 9.95. The summed E-state index contributed by atoms with van der Waals surface area (Å²) in [4.78, 5) is 24.5. The van der Waals surface area contributed by atoms with E-state index in [4.69, 9.17) is 0 Å². The Morgan fingerprint density at radius 3 is 2.67 bits per heavy atom. The number of nitrogens with one attached hydrogen (secondary N) is 3. The molecule has 7 heteroatoms. The van der Waals surface area contributed by atoms with E-state index in [0.29, 0.717) is 11.6 Å². The number of aromatic nitrogens is 2. The maximum absolute atomic E-state index is 12.4. The number of carbonyl (C=O) groups is 1. The number of nitrogens with zero attached hydrogens (tertiary/aromatic N) is 1. The molecule has 2 atom stereocenters. The van der Waals surface area contributed by atoms with Crippen LogP contribution in [0.3, 0.4) is 0 Å². The van der Waals surface area contributed by atoms with Gasteiger partial charge in [-0.25, -0.2) is 4.68 Å². The molecule has 0 spiro atoms. The van der Waals surface area contributed by atoms with Gasteiger partial charge in [-0.15, -0.1) is 12.4 Å². The topological polar surface area (TPSA) is 78.9 Å². The van der Waals surface area contributed by atoms with E-state index < -0.39 is 0 Å². The van der Waals surface area contributed by atoms with Gasteiger partial charge in [-0.05, 0) is 37.9 Å². The zero-order chi connectivity index (χ0) is 16.4. The van der Waals surface area contributed by atoms with Crippen molar-refractivity contribution in [3.63, 3.8) is 0 Å². The number of aromatic amines is 1. The molecule has 0 aliphatic carbocycles. The summed E-state index contributed by atoms with van der Waals surface area (Å²) in [5, 5.41) is 9.17. The number of carbonyl (C=O) groups excluding carboxylic acids is 1. The summed E-state index contributed by atoms with van der Waals surface area (Å²) in [5.74, 6) is 0.180. The quantitative estimate of drug-likeness (QED) is 0.787. The standard InChI is InChI=1S/C17H22N4O2.ClH/c1-11-3-5-13(6-4-11)21-16(22)9-14(20-21)17(23)19-15-10-18-8-7-12(15)2;/h3-6,9,12,15,18,20H,7-8,10H2,1-2H3,(H,19,23);1H. The molecule has 6 nitrogen and oxygen atoms in total. The van der Waals surface area contributed by atoms with E-state index in [9.17, 15) is 9.59 Å². The molecule has 0 radical (unpaired) electrons. The molecular formula is C17H23ClN4O2. The van der Waals surface area contributed by atoms with Crippen LogP contribution in [0.4, 0.5) is 0 Å². The first-order chi connectivity index (χ1) is 11.0. The highest BCUT2D eigenvalue weighted by Crippen LogP contribution is 2.12. The summed E-state index contributed by atoms with van der Waals surface area (Å²) >= 11 is 0. The van der Waals surface area contributed by atoms with Gasteiger partial charge in [-0.3, -0.25) is 14.7 Å². The maximum atomic E-state index is 12.4. The second-order valence-electron chi connectivity index (χ2n) is 6.23. The fourth-order valence-corrected chi connectivity index (χ4v) is 2.83. The van der Waals surface area contributed by atoms with Crippen molar-refractivity contribution in [2.75, 3.05) is 13.1 Å². The van der Waals surface area contributed by atoms with E-state index in [-0.39, 0.29) is 35.6 Å². The van der Waals surface area contributed by atoms with Crippen molar-refractivity contribution in [3.05, 3.63) is 51.9 Å². The SMILES string of the molecule is Cc1ccc(-n2[nH]c(C(=O)NC3CNCCC3C)cc2=O)cc1.Cl. The molecule has 1 aliphatic rings. The smallest absolute Gasteiger partial charge is 0.271 e. The van der Waals surface area contributed by atoms with E-state index in [1.807, 2.05) is 31.2 Å². The summed E-state index contributed by atoms with van der Waals surface area (Å²) in [6.07, 6.45) is 1.03. The average Bonchev–Trinajstić information content (AvgIpc) is 2.92. The van der Waals surface area contributed by atoms with Gasteiger partial charge in [0.2, 0.25) is 0 Å². The van der Waals surface area contributed by atoms with Crippen molar-refractivity contribution in [2.45, 2.75) is 26.3 Å². The molecule has 2 unspecified atom stereocenters. The van der Waals surface area contributed by atoms with Crippen LogP contribution in [-0.2, 0) is 0 Å². The van der Waals surface area contributed by atoms with Gasteiger partial charge >= 0.3 is 0 Å². The van der Waals surface area contributed by atoms with E-state index in [1.165, 1.54) is 10.7 Å². The first-order valence-corrected chi connectivity index (χ1v) is 7.95. The second kappa shape index (κ2) is 7.68. The average molecular weight is 351 g/mol. The number of aryl methyl sites for hydroxylation is 1. The van der Waals surface area contributed by atoms with Crippen LogP contribution < -0.4 is 16.2 Å². The molecule has 1 aromatic heterocycles. The van der Waals surface area contributed by atoms with Crippen molar-refractivity contribution in [3.8, 4) is 5.69 Å². The first kappa shape index (κ1) is 18.3. The normalized spacial score (nSPS) is 20.2.